The lowest BCUT2D eigenvalue weighted by atomic mass is 10.1. The molecular formula is C19H20N6O3. The Balaban J connectivity index is 1.70. The molecule has 0 amide bonds. The van der Waals surface area contributed by atoms with E-state index in [1.807, 2.05) is 48.5 Å². The van der Waals surface area contributed by atoms with Gasteiger partial charge in [-0.05, 0) is 47.5 Å². The third kappa shape index (κ3) is 4.44. The van der Waals surface area contributed by atoms with Crippen LogP contribution in [0, 0.1) is 0 Å². The van der Waals surface area contributed by atoms with Gasteiger partial charge in [0, 0.05) is 6.42 Å². The van der Waals surface area contributed by atoms with Crippen LogP contribution in [-0.4, -0.2) is 35.3 Å². The van der Waals surface area contributed by atoms with E-state index >= 15 is 0 Å². The quantitative estimate of drug-likeness (QED) is 0.361. The second-order valence-electron chi connectivity index (χ2n) is 5.81. The van der Waals surface area contributed by atoms with Crippen LogP contribution in [0.3, 0.4) is 0 Å². The summed E-state index contributed by atoms with van der Waals surface area (Å²) in [5.41, 5.74) is 4.14. The number of nitrogens with two attached hydrogens (primary N) is 1. The molecular weight excluding hydrogens is 360 g/mol. The standard InChI is InChI=1S/C19H20N6O3/c1-27-15-7-3-13(4-8-15)11-17-18(26)25(20)19(24-22-17)23-21-12-14-5-9-16(28-2)10-6-14/h3-10,12H,11,20H2,1-2H3,(H,23,24)/b21-12+. The van der Waals surface area contributed by atoms with Crippen molar-refractivity contribution in [3.05, 3.63) is 75.7 Å². The number of benzene rings is 2. The predicted molar refractivity (Wildman–Crippen MR) is 106 cm³/mol. The second kappa shape index (κ2) is 8.67. The summed E-state index contributed by atoms with van der Waals surface area (Å²) < 4.78 is 11.1. The van der Waals surface area contributed by atoms with Crippen LogP contribution >= 0.6 is 0 Å². The van der Waals surface area contributed by atoms with Gasteiger partial charge < -0.3 is 15.3 Å². The molecule has 0 aliphatic rings. The van der Waals surface area contributed by atoms with E-state index in [0.717, 1.165) is 27.3 Å². The van der Waals surface area contributed by atoms with Gasteiger partial charge in [0.15, 0.2) is 0 Å². The SMILES string of the molecule is COc1ccc(/C=N/Nc2nnc(Cc3ccc(OC)cc3)c(=O)n2N)cc1. The monoisotopic (exact) mass is 380 g/mol. The van der Waals surface area contributed by atoms with Gasteiger partial charge in [-0.2, -0.15) is 9.78 Å². The van der Waals surface area contributed by atoms with E-state index in [9.17, 15) is 4.79 Å². The van der Waals surface area contributed by atoms with E-state index in [-0.39, 0.29) is 11.6 Å². The molecule has 3 N–H and O–H groups in total. The molecule has 0 saturated carbocycles. The van der Waals surface area contributed by atoms with Crippen molar-refractivity contribution in [1.29, 1.82) is 0 Å². The number of ether oxygens (including phenoxy) is 2. The minimum Gasteiger partial charge on any atom is -0.497 e. The van der Waals surface area contributed by atoms with E-state index in [2.05, 4.69) is 20.7 Å². The fourth-order valence-electron chi connectivity index (χ4n) is 2.41. The first-order chi connectivity index (χ1) is 13.6. The van der Waals surface area contributed by atoms with Gasteiger partial charge in [0.2, 0.25) is 0 Å². The smallest absolute Gasteiger partial charge is 0.295 e. The first kappa shape index (κ1) is 18.9. The third-order valence-corrected chi connectivity index (χ3v) is 3.98. The molecule has 0 spiro atoms. The lowest BCUT2D eigenvalue weighted by Crippen LogP contribution is -2.34. The summed E-state index contributed by atoms with van der Waals surface area (Å²) in [5, 5.41) is 12.0. The molecule has 0 unspecified atom stereocenters. The van der Waals surface area contributed by atoms with Crippen LogP contribution in [0.1, 0.15) is 16.8 Å². The molecule has 9 heteroatoms. The summed E-state index contributed by atoms with van der Waals surface area (Å²) in [7, 11) is 3.19. The summed E-state index contributed by atoms with van der Waals surface area (Å²) in [5.74, 6) is 7.35. The van der Waals surface area contributed by atoms with Crippen molar-refractivity contribution in [3.63, 3.8) is 0 Å². The molecule has 0 aliphatic heterocycles. The maximum absolute atomic E-state index is 12.4. The molecule has 1 aromatic heterocycles. The van der Waals surface area contributed by atoms with Gasteiger partial charge in [-0.3, -0.25) is 4.79 Å². The van der Waals surface area contributed by atoms with E-state index in [1.165, 1.54) is 0 Å². The Hall–Kier alpha value is -3.88. The minimum atomic E-state index is -0.451. The number of hydrazone groups is 1. The zero-order valence-corrected chi connectivity index (χ0v) is 15.5. The second-order valence-corrected chi connectivity index (χ2v) is 5.81. The normalized spacial score (nSPS) is 10.8. The Bertz CT molecular complexity index is 1010. The number of nitrogen functional groups attached to an aromatic ring is 1. The van der Waals surface area contributed by atoms with E-state index in [4.69, 9.17) is 15.3 Å². The van der Waals surface area contributed by atoms with Crippen LogP contribution in [0.5, 0.6) is 11.5 Å². The molecule has 2 aromatic carbocycles. The van der Waals surface area contributed by atoms with Crippen molar-refractivity contribution >= 4 is 12.2 Å². The summed E-state index contributed by atoms with van der Waals surface area (Å²) in [4.78, 5) is 12.4. The lowest BCUT2D eigenvalue weighted by molar-refractivity contribution is 0.414. The first-order valence-corrected chi connectivity index (χ1v) is 8.40. The highest BCUT2D eigenvalue weighted by atomic mass is 16.5. The minimum absolute atomic E-state index is 0.0354. The molecule has 0 aliphatic carbocycles. The Labute approximate surface area is 161 Å². The van der Waals surface area contributed by atoms with Gasteiger partial charge in [-0.1, -0.05) is 12.1 Å². The maximum Gasteiger partial charge on any atom is 0.295 e. The number of methoxy groups -OCH3 is 2. The Kier molecular flexibility index (Phi) is 5.85. The van der Waals surface area contributed by atoms with E-state index < -0.39 is 5.56 Å². The molecule has 28 heavy (non-hydrogen) atoms. The van der Waals surface area contributed by atoms with Crippen LogP contribution < -0.4 is 26.3 Å². The fraction of sp³-hybridized carbons (Fsp3) is 0.158. The average Bonchev–Trinajstić information content (AvgIpc) is 2.74. The highest BCUT2D eigenvalue weighted by Crippen LogP contribution is 2.13. The Morgan fingerprint density at radius 2 is 1.64 bits per heavy atom. The van der Waals surface area contributed by atoms with Crippen molar-refractivity contribution in [2.45, 2.75) is 6.42 Å². The molecule has 3 aromatic rings. The highest BCUT2D eigenvalue weighted by molar-refractivity contribution is 5.80. The number of rotatable bonds is 7. The number of hydrogen-bond donors (Lipinski definition) is 2. The fourth-order valence-corrected chi connectivity index (χ4v) is 2.41. The molecule has 3 rings (SSSR count). The Morgan fingerprint density at radius 3 is 2.25 bits per heavy atom. The molecule has 0 bridgehead atoms. The predicted octanol–water partition coefficient (Wildman–Crippen LogP) is 1.41. The lowest BCUT2D eigenvalue weighted by Gasteiger charge is -2.07. The van der Waals surface area contributed by atoms with E-state index in [1.54, 1.807) is 20.4 Å². The van der Waals surface area contributed by atoms with Gasteiger partial charge in [-0.15, -0.1) is 10.2 Å². The zero-order valence-electron chi connectivity index (χ0n) is 15.5. The van der Waals surface area contributed by atoms with Crippen LogP contribution in [0.15, 0.2) is 58.4 Å². The van der Waals surface area contributed by atoms with Crippen molar-refractivity contribution in [1.82, 2.24) is 14.9 Å². The number of nitrogens with zero attached hydrogens (tertiary/aromatic N) is 4. The highest BCUT2D eigenvalue weighted by Gasteiger charge is 2.10. The van der Waals surface area contributed by atoms with Crippen molar-refractivity contribution < 1.29 is 9.47 Å². The molecule has 1 heterocycles. The Morgan fingerprint density at radius 1 is 1.04 bits per heavy atom. The molecule has 0 saturated heterocycles. The first-order valence-electron chi connectivity index (χ1n) is 8.40. The topological polar surface area (TPSA) is 117 Å². The van der Waals surface area contributed by atoms with Crippen LogP contribution in [0.4, 0.5) is 5.95 Å². The maximum atomic E-state index is 12.4. The molecule has 0 radical (unpaired) electrons. The van der Waals surface area contributed by atoms with Crippen molar-refractivity contribution in [2.24, 2.45) is 5.10 Å². The summed E-state index contributed by atoms with van der Waals surface area (Å²) in [6.45, 7) is 0. The summed E-state index contributed by atoms with van der Waals surface area (Å²) >= 11 is 0. The largest absolute Gasteiger partial charge is 0.497 e. The number of hydrogen-bond acceptors (Lipinski definition) is 8. The molecule has 9 nitrogen and oxygen atoms in total. The van der Waals surface area contributed by atoms with Crippen LogP contribution in [0.2, 0.25) is 0 Å². The molecule has 0 fully saturated rings. The van der Waals surface area contributed by atoms with E-state index in [0.29, 0.717) is 6.42 Å². The van der Waals surface area contributed by atoms with Gasteiger partial charge in [0.05, 0.1) is 20.4 Å². The van der Waals surface area contributed by atoms with Crippen LogP contribution in [-0.2, 0) is 6.42 Å². The third-order valence-electron chi connectivity index (χ3n) is 3.98. The van der Waals surface area contributed by atoms with Gasteiger partial charge >= 0.3 is 0 Å². The molecule has 0 atom stereocenters. The summed E-state index contributed by atoms with van der Waals surface area (Å²) in [6.07, 6.45) is 1.87. The number of aromatic nitrogens is 3. The van der Waals surface area contributed by atoms with Gasteiger partial charge in [-0.25, -0.2) is 5.43 Å². The molecule has 144 valence electrons. The zero-order chi connectivity index (χ0) is 19.9. The number of anilines is 1. The van der Waals surface area contributed by atoms with Crippen LogP contribution in [0.25, 0.3) is 0 Å². The average molecular weight is 380 g/mol. The number of nitrogens with one attached hydrogen (secondary N) is 1. The van der Waals surface area contributed by atoms with Crippen molar-refractivity contribution in [2.75, 3.05) is 25.5 Å². The van der Waals surface area contributed by atoms with Gasteiger partial charge in [0.25, 0.3) is 11.5 Å². The summed E-state index contributed by atoms with van der Waals surface area (Å²) in [6, 6.07) is 14.6. The van der Waals surface area contributed by atoms with Crippen molar-refractivity contribution in [3.8, 4) is 11.5 Å². The van der Waals surface area contributed by atoms with Gasteiger partial charge in [0.1, 0.15) is 17.2 Å².